The Labute approximate surface area is 153 Å². The van der Waals surface area contributed by atoms with Gasteiger partial charge < -0.3 is 0 Å². The second-order valence-corrected chi connectivity index (χ2v) is 6.14. The molecule has 1 aliphatic rings. The van der Waals surface area contributed by atoms with E-state index in [0.29, 0.717) is 32.4 Å². The Kier molecular flexibility index (Phi) is 5.11. The van der Waals surface area contributed by atoms with E-state index in [4.69, 9.17) is 39.6 Å². The van der Waals surface area contributed by atoms with Crippen LogP contribution < -0.4 is 5.06 Å². The van der Waals surface area contributed by atoms with Gasteiger partial charge in [0.15, 0.2) is 6.10 Å². The molecule has 1 fully saturated rings. The Morgan fingerprint density at radius 3 is 2.21 bits per heavy atom. The minimum Gasteiger partial charge on any atom is -0.290 e. The van der Waals surface area contributed by atoms with Crippen molar-refractivity contribution in [2.24, 2.45) is 0 Å². The second-order valence-electron chi connectivity index (χ2n) is 4.86. The number of hydrogen-bond acceptors (Lipinski definition) is 4. The molecule has 1 saturated heterocycles. The maximum atomic E-state index is 11.4. The summed E-state index contributed by atoms with van der Waals surface area (Å²) >= 11 is 18.1. The van der Waals surface area contributed by atoms with E-state index in [9.17, 15) is 9.59 Å². The highest BCUT2D eigenvalue weighted by Gasteiger charge is 2.48. The molecule has 7 heteroatoms. The third-order valence-corrected chi connectivity index (χ3v) is 4.20. The number of anilines is 1. The minimum absolute atomic E-state index is 0.00386. The predicted octanol–water partition coefficient (Wildman–Crippen LogP) is 4.14. The molecule has 0 spiro atoms. The fourth-order valence-corrected chi connectivity index (χ4v) is 2.95. The van der Waals surface area contributed by atoms with Gasteiger partial charge in [-0.25, -0.2) is 5.06 Å². The van der Waals surface area contributed by atoms with Crippen LogP contribution in [0.25, 0.3) is 0 Å². The number of hydroxylamine groups is 1. The van der Waals surface area contributed by atoms with Gasteiger partial charge in [-0.3, -0.25) is 14.4 Å². The first-order chi connectivity index (χ1) is 11.5. The first-order valence-electron chi connectivity index (χ1n) is 6.73. The summed E-state index contributed by atoms with van der Waals surface area (Å²) in [4.78, 5) is 28.1. The van der Waals surface area contributed by atoms with Crippen molar-refractivity contribution in [1.29, 1.82) is 0 Å². The molecule has 2 aromatic rings. The van der Waals surface area contributed by atoms with Crippen LogP contribution in [0.1, 0.15) is 5.56 Å². The van der Waals surface area contributed by atoms with Gasteiger partial charge in [0.25, 0.3) is 0 Å². The average Bonchev–Trinajstić information content (AvgIpc) is 2.94. The van der Waals surface area contributed by atoms with Crippen molar-refractivity contribution in [3.8, 4) is 0 Å². The van der Waals surface area contributed by atoms with Crippen LogP contribution in [0.4, 0.5) is 5.69 Å². The molecule has 0 bridgehead atoms. The van der Waals surface area contributed by atoms with Gasteiger partial charge >= 0.3 is 0 Å². The lowest BCUT2D eigenvalue weighted by molar-refractivity contribution is 0.136. The molecular formula is C17H8Cl3NO3. The molecule has 1 unspecified atom stereocenters. The van der Waals surface area contributed by atoms with Crippen molar-refractivity contribution in [2.45, 2.75) is 6.10 Å². The summed E-state index contributed by atoms with van der Waals surface area (Å²) in [6.07, 6.45) is 2.23. The summed E-state index contributed by atoms with van der Waals surface area (Å²) in [6, 6.07) is 11.8. The Balaban J connectivity index is 2.09. The van der Waals surface area contributed by atoms with Crippen molar-refractivity contribution in [1.82, 2.24) is 0 Å². The van der Waals surface area contributed by atoms with E-state index in [0.717, 1.165) is 0 Å². The van der Waals surface area contributed by atoms with Crippen LogP contribution in [0.15, 0.2) is 42.5 Å². The topological polar surface area (TPSA) is 46.6 Å². The van der Waals surface area contributed by atoms with Gasteiger partial charge in [0.2, 0.25) is 12.6 Å². The van der Waals surface area contributed by atoms with E-state index in [-0.39, 0.29) is 5.92 Å². The molecule has 0 amide bonds. The number of hydrogen-bond donors (Lipinski definition) is 0. The lowest BCUT2D eigenvalue weighted by Gasteiger charge is -2.25. The first-order valence-corrected chi connectivity index (χ1v) is 7.86. The maximum absolute atomic E-state index is 11.4. The van der Waals surface area contributed by atoms with Crippen molar-refractivity contribution >= 4 is 53.1 Å². The quantitative estimate of drug-likeness (QED) is 0.800. The Bertz CT molecular complexity index is 766. The SMILES string of the molecule is O=[C][C]1[C](c2ccc(Cl)cc2Cl)N(c2ccc(Cl)cc2)OC1[C]=O. The van der Waals surface area contributed by atoms with Gasteiger partial charge in [-0.15, -0.1) is 0 Å². The maximum Gasteiger partial charge on any atom is 0.233 e. The van der Waals surface area contributed by atoms with Crippen LogP contribution in [-0.2, 0) is 14.4 Å². The summed E-state index contributed by atoms with van der Waals surface area (Å²) < 4.78 is 0. The molecule has 1 atom stereocenters. The lowest BCUT2D eigenvalue weighted by atomic mass is 9.91. The Morgan fingerprint density at radius 1 is 0.958 bits per heavy atom. The van der Waals surface area contributed by atoms with Crippen molar-refractivity contribution < 1.29 is 14.4 Å². The zero-order chi connectivity index (χ0) is 17.3. The number of halogens is 3. The van der Waals surface area contributed by atoms with Gasteiger partial charge in [0.1, 0.15) is 12.0 Å². The van der Waals surface area contributed by atoms with Crippen molar-refractivity contribution in [2.75, 3.05) is 5.06 Å². The molecule has 1 heterocycles. The van der Waals surface area contributed by atoms with Gasteiger partial charge in [0.05, 0.1) is 5.69 Å². The molecule has 120 valence electrons. The van der Waals surface area contributed by atoms with E-state index < -0.39 is 6.10 Å². The van der Waals surface area contributed by atoms with Gasteiger partial charge in [-0.05, 0) is 36.4 Å². The second kappa shape index (κ2) is 7.11. The average molecular weight is 381 g/mol. The van der Waals surface area contributed by atoms with Crippen molar-refractivity contribution in [3.05, 3.63) is 75.1 Å². The van der Waals surface area contributed by atoms with Crippen molar-refractivity contribution in [3.63, 3.8) is 0 Å². The Morgan fingerprint density at radius 2 is 1.62 bits per heavy atom. The normalized spacial score (nSPS) is 18.8. The third-order valence-electron chi connectivity index (χ3n) is 3.40. The predicted molar refractivity (Wildman–Crippen MR) is 92.2 cm³/mol. The summed E-state index contributed by atoms with van der Waals surface area (Å²) in [5, 5.41) is 2.62. The van der Waals surface area contributed by atoms with Crippen LogP contribution in [0, 0.1) is 12.0 Å². The summed E-state index contributed by atoms with van der Waals surface area (Å²) in [7, 11) is 0. The molecular weight excluding hydrogens is 373 g/mol. The van der Waals surface area contributed by atoms with Crippen LogP contribution in [0.3, 0.4) is 0 Å². The van der Waals surface area contributed by atoms with Gasteiger partial charge in [-0.1, -0.05) is 40.9 Å². The molecule has 4 radical (unpaired) electrons. The fraction of sp³-hybridized carbons (Fsp3) is 0.0588. The number of rotatable bonds is 4. The lowest BCUT2D eigenvalue weighted by Crippen LogP contribution is -2.25. The molecule has 0 aliphatic carbocycles. The molecule has 0 saturated carbocycles. The Hall–Kier alpha value is -1.59. The van der Waals surface area contributed by atoms with E-state index in [1.807, 2.05) is 0 Å². The number of carbonyl (C=O) groups excluding carboxylic acids is 2. The molecule has 0 aromatic heterocycles. The number of nitrogens with zero attached hydrogens (tertiary/aromatic N) is 1. The molecule has 4 nitrogen and oxygen atoms in total. The molecule has 2 aromatic carbocycles. The molecule has 1 aliphatic heterocycles. The largest absolute Gasteiger partial charge is 0.290 e. The smallest absolute Gasteiger partial charge is 0.233 e. The van der Waals surface area contributed by atoms with Crippen LogP contribution in [0.2, 0.25) is 15.1 Å². The minimum atomic E-state index is -1.19. The van der Waals surface area contributed by atoms with Crippen LogP contribution in [0.5, 0.6) is 0 Å². The highest BCUT2D eigenvalue weighted by atomic mass is 35.5. The molecule has 3 rings (SSSR count). The fourth-order valence-electron chi connectivity index (χ4n) is 2.33. The van der Waals surface area contributed by atoms with E-state index in [1.54, 1.807) is 49.0 Å². The standard InChI is InChI=1S/C17H8Cl3NO3/c18-10-1-4-12(5-2-10)21-17(14(8-22)16(9-23)24-21)13-6-3-11(19)7-15(13)20/h1-7,16H. The van der Waals surface area contributed by atoms with Crippen LogP contribution in [-0.4, -0.2) is 18.7 Å². The van der Waals surface area contributed by atoms with Gasteiger partial charge in [0, 0.05) is 20.6 Å². The van der Waals surface area contributed by atoms with E-state index in [2.05, 4.69) is 0 Å². The first kappa shape index (κ1) is 17.2. The highest BCUT2D eigenvalue weighted by Crippen LogP contribution is 2.44. The summed E-state index contributed by atoms with van der Waals surface area (Å²) in [6.45, 7) is 0. The van der Waals surface area contributed by atoms with Gasteiger partial charge in [-0.2, -0.15) is 0 Å². The van der Waals surface area contributed by atoms with E-state index in [1.165, 1.54) is 11.1 Å². The number of benzene rings is 2. The zero-order valence-electron chi connectivity index (χ0n) is 11.9. The van der Waals surface area contributed by atoms with E-state index >= 15 is 0 Å². The summed E-state index contributed by atoms with van der Waals surface area (Å²) in [5.41, 5.74) is 1.04. The highest BCUT2D eigenvalue weighted by molar-refractivity contribution is 6.35. The summed E-state index contributed by atoms with van der Waals surface area (Å²) in [5.74, 6) is 0.00386. The monoisotopic (exact) mass is 379 g/mol. The zero-order valence-corrected chi connectivity index (χ0v) is 14.2. The molecule has 0 N–H and O–H groups in total. The third kappa shape index (κ3) is 3.15. The van der Waals surface area contributed by atoms with Crippen LogP contribution >= 0.6 is 34.8 Å². The molecule has 24 heavy (non-hydrogen) atoms.